The summed E-state index contributed by atoms with van der Waals surface area (Å²) < 4.78 is 29.8. The lowest BCUT2D eigenvalue weighted by Gasteiger charge is -2.10. The fraction of sp³-hybridized carbons (Fsp3) is 0.100. The van der Waals surface area contributed by atoms with Crippen LogP contribution in [0.3, 0.4) is 0 Å². The molecule has 0 atom stereocenters. The van der Waals surface area contributed by atoms with Crippen molar-refractivity contribution in [2.75, 3.05) is 0 Å². The smallest absolute Gasteiger partial charge is 0.196 e. The third kappa shape index (κ3) is 3.63. The van der Waals surface area contributed by atoms with Crippen LogP contribution in [0.4, 0.5) is 8.78 Å². The van der Waals surface area contributed by atoms with Gasteiger partial charge in [0, 0.05) is 29.4 Å². The predicted octanol–water partition coefficient (Wildman–Crippen LogP) is 4.60. The van der Waals surface area contributed by atoms with Crippen molar-refractivity contribution >= 4 is 11.8 Å². The Bertz CT molecular complexity index is 1080. The highest BCUT2D eigenvalue weighted by atomic mass is 32.2. The van der Waals surface area contributed by atoms with Crippen molar-refractivity contribution in [1.82, 2.24) is 24.7 Å². The number of aryl methyl sites for hydroxylation is 1. The summed E-state index contributed by atoms with van der Waals surface area (Å²) in [5.74, 6) is -0.567. The van der Waals surface area contributed by atoms with Gasteiger partial charge in [0.15, 0.2) is 11.0 Å². The topological polar surface area (TPSA) is 56.5 Å². The first-order chi connectivity index (χ1) is 13.6. The predicted molar refractivity (Wildman–Crippen MR) is 103 cm³/mol. The Balaban J connectivity index is 1.75. The number of thioether (sulfide) groups is 1. The molecule has 5 nitrogen and oxygen atoms in total. The Hall–Kier alpha value is -3.13. The van der Waals surface area contributed by atoms with Crippen LogP contribution in [0.1, 0.15) is 11.1 Å². The largest absolute Gasteiger partial charge is 0.269 e. The lowest BCUT2D eigenvalue weighted by Crippen LogP contribution is -2.01. The van der Waals surface area contributed by atoms with Gasteiger partial charge < -0.3 is 0 Å². The molecule has 0 aliphatic heterocycles. The first-order valence-corrected chi connectivity index (χ1v) is 9.46. The quantitative estimate of drug-likeness (QED) is 0.462. The lowest BCUT2D eigenvalue weighted by atomic mass is 10.2. The molecule has 0 aliphatic rings. The van der Waals surface area contributed by atoms with Gasteiger partial charge in [-0.05, 0) is 31.2 Å². The first-order valence-electron chi connectivity index (χ1n) is 8.48. The molecule has 4 aromatic rings. The van der Waals surface area contributed by atoms with Crippen LogP contribution in [0, 0.1) is 18.6 Å². The molecule has 0 radical (unpaired) electrons. The van der Waals surface area contributed by atoms with E-state index in [0.717, 1.165) is 11.3 Å². The second-order valence-corrected chi connectivity index (χ2v) is 7.00. The molecule has 0 unspecified atom stereocenters. The highest BCUT2D eigenvalue weighted by Gasteiger charge is 2.18. The summed E-state index contributed by atoms with van der Waals surface area (Å²) in [7, 11) is 0. The molecule has 0 N–H and O–H groups in total. The fourth-order valence-electron chi connectivity index (χ4n) is 2.68. The van der Waals surface area contributed by atoms with E-state index < -0.39 is 11.6 Å². The van der Waals surface area contributed by atoms with Gasteiger partial charge in [-0.2, -0.15) is 0 Å². The summed E-state index contributed by atoms with van der Waals surface area (Å²) in [6.45, 7) is 2.00. The molecule has 0 aliphatic carbocycles. The van der Waals surface area contributed by atoms with E-state index in [9.17, 15) is 8.78 Å². The molecule has 8 heteroatoms. The van der Waals surface area contributed by atoms with Gasteiger partial charge in [-0.3, -0.25) is 9.55 Å². The second kappa shape index (κ2) is 7.85. The van der Waals surface area contributed by atoms with E-state index in [2.05, 4.69) is 20.2 Å². The number of nitrogens with zero attached hydrogens (tertiary/aromatic N) is 5. The minimum Gasteiger partial charge on any atom is -0.269 e. The van der Waals surface area contributed by atoms with Crippen LogP contribution in [0.25, 0.3) is 17.2 Å². The Morgan fingerprint density at radius 1 is 0.964 bits per heavy atom. The maximum atomic E-state index is 14.0. The van der Waals surface area contributed by atoms with Crippen LogP contribution in [0.5, 0.6) is 0 Å². The van der Waals surface area contributed by atoms with E-state index in [1.165, 1.54) is 30.0 Å². The first kappa shape index (κ1) is 18.2. The highest BCUT2D eigenvalue weighted by Crippen LogP contribution is 2.30. The van der Waals surface area contributed by atoms with Crippen LogP contribution in [0.2, 0.25) is 0 Å². The Labute approximate surface area is 164 Å². The maximum Gasteiger partial charge on any atom is 0.196 e. The number of halogens is 2. The van der Waals surface area contributed by atoms with Crippen molar-refractivity contribution in [2.45, 2.75) is 17.8 Å². The van der Waals surface area contributed by atoms with E-state index >= 15 is 0 Å². The third-order valence-corrected chi connectivity index (χ3v) is 5.08. The Morgan fingerprint density at radius 3 is 2.39 bits per heavy atom. The van der Waals surface area contributed by atoms with Gasteiger partial charge in [0.1, 0.15) is 17.3 Å². The molecule has 2 aromatic carbocycles. The molecule has 140 valence electrons. The van der Waals surface area contributed by atoms with Crippen LogP contribution in [-0.2, 0) is 5.75 Å². The minimum absolute atomic E-state index is 0.00649. The zero-order valence-corrected chi connectivity index (χ0v) is 15.7. The van der Waals surface area contributed by atoms with Gasteiger partial charge >= 0.3 is 0 Å². The van der Waals surface area contributed by atoms with E-state index in [4.69, 9.17) is 0 Å². The van der Waals surface area contributed by atoms with Crippen LogP contribution in [-0.4, -0.2) is 24.7 Å². The highest BCUT2D eigenvalue weighted by molar-refractivity contribution is 7.98. The third-order valence-electron chi connectivity index (χ3n) is 4.13. The van der Waals surface area contributed by atoms with E-state index in [1.807, 2.05) is 35.8 Å². The summed E-state index contributed by atoms with van der Waals surface area (Å²) in [6, 6.07) is 11.7. The molecule has 28 heavy (non-hydrogen) atoms. The minimum atomic E-state index is -0.581. The number of benzene rings is 2. The molecule has 0 spiro atoms. The van der Waals surface area contributed by atoms with Gasteiger partial charge in [0.05, 0.1) is 6.20 Å². The van der Waals surface area contributed by atoms with Gasteiger partial charge in [0.25, 0.3) is 0 Å². The standard InChI is InChI=1S/C20H15F2N5S/c1-13-5-7-14(8-6-13)27-19(18-11-23-9-10-24-18)25-26-20(27)28-12-15-16(21)3-2-4-17(15)22/h2-11H,12H2,1H3. The molecule has 2 aromatic heterocycles. The van der Waals surface area contributed by atoms with Crippen molar-refractivity contribution in [3.05, 3.63) is 83.8 Å². The number of hydrogen-bond donors (Lipinski definition) is 0. The van der Waals surface area contributed by atoms with Crippen molar-refractivity contribution in [2.24, 2.45) is 0 Å². The van der Waals surface area contributed by atoms with Crippen molar-refractivity contribution in [3.8, 4) is 17.2 Å². The molecular weight excluding hydrogens is 380 g/mol. The Morgan fingerprint density at radius 2 is 1.71 bits per heavy atom. The summed E-state index contributed by atoms with van der Waals surface area (Å²) in [4.78, 5) is 8.38. The molecule has 0 fully saturated rings. The van der Waals surface area contributed by atoms with Gasteiger partial charge in [-0.1, -0.05) is 35.5 Å². The summed E-state index contributed by atoms with van der Waals surface area (Å²) >= 11 is 1.20. The molecular formula is C20H15F2N5S. The average molecular weight is 395 g/mol. The summed E-state index contributed by atoms with van der Waals surface area (Å²) in [5, 5.41) is 8.98. The Kier molecular flexibility index (Phi) is 5.12. The van der Waals surface area contributed by atoms with E-state index in [1.54, 1.807) is 18.6 Å². The molecule has 0 bridgehead atoms. The fourth-order valence-corrected chi connectivity index (χ4v) is 3.65. The zero-order chi connectivity index (χ0) is 19.5. The number of hydrogen-bond acceptors (Lipinski definition) is 5. The maximum absolute atomic E-state index is 14.0. The number of rotatable bonds is 5. The lowest BCUT2D eigenvalue weighted by molar-refractivity contribution is 0.566. The molecule has 2 heterocycles. The summed E-state index contributed by atoms with van der Waals surface area (Å²) in [5.41, 5.74) is 2.50. The van der Waals surface area contributed by atoms with Gasteiger partial charge in [-0.25, -0.2) is 13.8 Å². The second-order valence-electron chi connectivity index (χ2n) is 6.06. The van der Waals surface area contributed by atoms with E-state index in [-0.39, 0.29) is 11.3 Å². The van der Waals surface area contributed by atoms with Crippen LogP contribution < -0.4 is 0 Å². The molecule has 4 rings (SSSR count). The van der Waals surface area contributed by atoms with E-state index in [0.29, 0.717) is 16.7 Å². The molecule has 0 amide bonds. The number of aromatic nitrogens is 5. The van der Waals surface area contributed by atoms with Gasteiger partial charge in [0.2, 0.25) is 0 Å². The SMILES string of the molecule is Cc1ccc(-n2c(SCc3c(F)cccc3F)nnc2-c2cnccn2)cc1. The molecule has 0 saturated carbocycles. The molecule has 0 saturated heterocycles. The van der Waals surface area contributed by atoms with Crippen molar-refractivity contribution in [3.63, 3.8) is 0 Å². The van der Waals surface area contributed by atoms with Crippen LogP contribution in [0.15, 0.2) is 66.2 Å². The average Bonchev–Trinajstić information content (AvgIpc) is 3.13. The van der Waals surface area contributed by atoms with Crippen molar-refractivity contribution in [1.29, 1.82) is 0 Å². The van der Waals surface area contributed by atoms with Gasteiger partial charge in [-0.15, -0.1) is 10.2 Å². The monoisotopic (exact) mass is 395 g/mol. The summed E-state index contributed by atoms with van der Waals surface area (Å²) in [6.07, 6.45) is 4.75. The van der Waals surface area contributed by atoms with Crippen LogP contribution >= 0.6 is 11.8 Å². The van der Waals surface area contributed by atoms with Crippen molar-refractivity contribution < 1.29 is 8.78 Å². The zero-order valence-electron chi connectivity index (χ0n) is 14.9. The normalized spacial score (nSPS) is 11.0.